The molecule has 0 unspecified atom stereocenters. The van der Waals surface area contributed by atoms with Gasteiger partial charge in [-0.05, 0) is 125 Å². The topological polar surface area (TPSA) is 219 Å². The summed E-state index contributed by atoms with van der Waals surface area (Å²) in [4.78, 5) is 0. The van der Waals surface area contributed by atoms with Crippen LogP contribution in [0.3, 0.4) is 0 Å². The van der Waals surface area contributed by atoms with Gasteiger partial charge in [0.15, 0.2) is 12.6 Å². The van der Waals surface area contributed by atoms with Crippen LogP contribution in [0.2, 0.25) is 0 Å². The van der Waals surface area contributed by atoms with Crippen molar-refractivity contribution < 1.29 is 64.9 Å². The molecule has 19 atom stereocenters. The fourth-order valence-electron chi connectivity index (χ4n) is 13.3. The fourth-order valence-corrected chi connectivity index (χ4v) is 13.3. The molecule has 13 nitrogen and oxygen atoms in total. The summed E-state index contributed by atoms with van der Waals surface area (Å²) in [5.41, 5.74) is -0.350. The second kappa shape index (κ2) is 16.0. The lowest BCUT2D eigenvalue weighted by atomic mass is 9.35. The van der Waals surface area contributed by atoms with Crippen LogP contribution >= 0.6 is 0 Å². The molecular formula is C42H72O13. The minimum Gasteiger partial charge on any atom is -0.396 e. The van der Waals surface area contributed by atoms with Crippen LogP contribution in [0.1, 0.15) is 113 Å². The van der Waals surface area contributed by atoms with Crippen molar-refractivity contribution in [3.63, 3.8) is 0 Å². The van der Waals surface area contributed by atoms with Crippen LogP contribution in [0.5, 0.6) is 0 Å². The molecular weight excluding hydrogens is 712 g/mol. The van der Waals surface area contributed by atoms with Crippen LogP contribution in [0.25, 0.3) is 0 Å². The number of hydrogen-bond donors (Lipinski definition) is 9. The molecule has 6 aliphatic rings. The van der Waals surface area contributed by atoms with Gasteiger partial charge < -0.3 is 64.9 Å². The number of aliphatic hydroxyl groups is 9. The molecule has 9 N–H and O–H groups in total. The summed E-state index contributed by atoms with van der Waals surface area (Å²) in [6.07, 6.45) is -4.59. The maximum atomic E-state index is 11.9. The van der Waals surface area contributed by atoms with E-state index in [1.54, 1.807) is 0 Å². The zero-order valence-electron chi connectivity index (χ0n) is 34.1. The highest BCUT2D eigenvalue weighted by atomic mass is 16.8. The van der Waals surface area contributed by atoms with Crippen LogP contribution in [0.4, 0.5) is 0 Å². The van der Waals surface area contributed by atoms with E-state index in [4.69, 9.17) is 18.9 Å². The molecule has 6 rings (SSSR count). The van der Waals surface area contributed by atoms with Gasteiger partial charge in [0, 0.05) is 12.0 Å². The molecule has 0 radical (unpaired) electrons. The average Bonchev–Trinajstić information content (AvgIpc) is 3.50. The number of aliphatic hydroxyl groups excluding tert-OH is 8. The molecule has 0 aromatic rings. The number of ether oxygens (including phenoxy) is 4. The number of fused-ring (bicyclic) bond motifs is 5. The van der Waals surface area contributed by atoms with E-state index in [1.165, 1.54) is 5.57 Å². The van der Waals surface area contributed by atoms with Gasteiger partial charge in [-0.1, -0.05) is 39.3 Å². The van der Waals surface area contributed by atoms with E-state index in [2.05, 4.69) is 47.6 Å². The molecule has 2 aliphatic heterocycles. The van der Waals surface area contributed by atoms with Crippen molar-refractivity contribution in [1.29, 1.82) is 0 Å². The lowest BCUT2D eigenvalue weighted by molar-refractivity contribution is -0.379. The van der Waals surface area contributed by atoms with E-state index < -0.39 is 91.7 Å². The third-order valence-corrected chi connectivity index (χ3v) is 16.6. The average molecular weight is 785 g/mol. The normalized spacial score (nSPS) is 50.7. The summed E-state index contributed by atoms with van der Waals surface area (Å²) >= 11 is 0. The fraction of sp³-hybridized carbons (Fsp3) is 0.952. The molecule has 55 heavy (non-hydrogen) atoms. The van der Waals surface area contributed by atoms with Gasteiger partial charge in [0.05, 0.1) is 24.9 Å². The standard InChI is InChI=1S/C42H72O13/c1-22(2)9-8-15-41(7,51)24-12-16-39(5)23(24)10-11-28-40(39,6)17-13-27-38(3,4)29(14-18-42(27,28)21-45)54-37-35(33(49)31(47)26(20-44)53-37)55-36-34(50)32(48)30(46)25(19-43)52-36/h9,23-37,43-51H,8,10-21H2,1-7H3/t23-,24+,25-,26-,27-,28+,29-,30-,31-,32+,33+,34-,35-,36+,37+,39-,40-,41-,42+/m1/s1. The Hall–Kier alpha value is -0.780. The minimum absolute atomic E-state index is 0.0207. The van der Waals surface area contributed by atoms with E-state index in [9.17, 15) is 46.0 Å². The molecule has 4 saturated carbocycles. The van der Waals surface area contributed by atoms with Crippen molar-refractivity contribution >= 4 is 0 Å². The maximum absolute atomic E-state index is 11.9. The molecule has 2 saturated heterocycles. The van der Waals surface area contributed by atoms with Crippen LogP contribution < -0.4 is 0 Å². The molecule has 0 bridgehead atoms. The minimum atomic E-state index is -1.76. The first-order valence-electron chi connectivity index (χ1n) is 20.9. The van der Waals surface area contributed by atoms with Crippen molar-refractivity contribution in [2.45, 2.75) is 186 Å². The van der Waals surface area contributed by atoms with Gasteiger partial charge in [0.25, 0.3) is 0 Å². The number of hydrogen-bond acceptors (Lipinski definition) is 13. The van der Waals surface area contributed by atoms with Crippen molar-refractivity contribution in [3.05, 3.63) is 11.6 Å². The highest BCUT2D eigenvalue weighted by molar-refractivity contribution is 5.19. The van der Waals surface area contributed by atoms with E-state index in [0.29, 0.717) is 18.8 Å². The summed E-state index contributed by atoms with van der Waals surface area (Å²) in [7, 11) is 0. The molecule has 6 fully saturated rings. The molecule has 318 valence electrons. The van der Waals surface area contributed by atoms with Crippen LogP contribution in [-0.4, -0.2) is 139 Å². The lowest BCUT2D eigenvalue weighted by Gasteiger charge is -2.70. The molecule has 13 heteroatoms. The van der Waals surface area contributed by atoms with Gasteiger partial charge in [-0.15, -0.1) is 0 Å². The van der Waals surface area contributed by atoms with Crippen LogP contribution in [-0.2, 0) is 18.9 Å². The summed E-state index contributed by atoms with van der Waals surface area (Å²) in [5, 5.41) is 96.8. The molecule has 0 amide bonds. The largest absolute Gasteiger partial charge is 0.396 e. The summed E-state index contributed by atoms with van der Waals surface area (Å²) in [6, 6.07) is 0. The summed E-state index contributed by atoms with van der Waals surface area (Å²) in [6.45, 7) is 14.3. The SMILES string of the molecule is CC(C)=CCC[C@@](C)(O)[C@H]1CC[C@]2(C)[C@@H]1CC[C@@H]1[C@]3(CO)CC[C@@H](O[C@@H]4O[C@H](CO)[C@@H](O)[C@H](O)[C@H]4O[C@@H]4O[C@H](CO)[C@@H](O)[C@H](O)[C@H]4O)C(C)(C)[C@H]3CC[C@]12C. The van der Waals surface area contributed by atoms with Crippen LogP contribution in [0, 0.1) is 45.3 Å². The molecule has 0 aromatic carbocycles. The van der Waals surface area contributed by atoms with E-state index in [0.717, 1.165) is 51.4 Å². The van der Waals surface area contributed by atoms with Crippen molar-refractivity contribution in [2.24, 2.45) is 45.3 Å². The molecule has 2 heterocycles. The van der Waals surface area contributed by atoms with Crippen molar-refractivity contribution in [3.8, 4) is 0 Å². The maximum Gasteiger partial charge on any atom is 0.187 e. The predicted molar refractivity (Wildman–Crippen MR) is 201 cm³/mol. The Morgan fingerprint density at radius 1 is 0.709 bits per heavy atom. The Morgan fingerprint density at radius 3 is 1.95 bits per heavy atom. The monoisotopic (exact) mass is 784 g/mol. The Kier molecular flexibility index (Phi) is 12.7. The predicted octanol–water partition coefficient (Wildman–Crippen LogP) is 2.15. The Bertz CT molecular complexity index is 1350. The quantitative estimate of drug-likeness (QED) is 0.109. The second-order valence-corrected chi connectivity index (χ2v) is 19.9. The van der Waals surface area contributed by atoms with Crippen LogP contribution in [0.15, 0.2) is 11.6 Å². The Morgan fingerprint density at radius 2 is 1.33 bits per heavy atom. The highest BCUT2D eigenvalue weighted by Gasteiger charge is 2.71. The summed E-state index contributed by atoms with van der Waals surface area (Å²) in [5.74, 6) is 0.975. The first-order chi connectivity index (χ1) is 25.7. The third kappa shape index (κ3) is 7.20. The number of allylic oxidation sites excluding steroid dienone is 2. The Balaban J connectivity index is 1.23. The molecule has 0 aromatic heterocycles. The van der Waals surface area contributed by atoms with Gasteiger partial charge in [0.2, 0.25) is 0 Å². The van der Waals surface area contributed by atoms with E-state index >= 15 is 0 Å². The Labute approximate surface area is 327 Å². The third-order valence-electron chi connectivity index (χ3n) is 16.6. The molecule has 4 aliphatic carbocycles. The zero-order chi connectivity index (χ0) is 40.5. The van der Waals surface area contributed by atoms with Crippen molar-refractivity contribution in [1.82, 2.24) is 0 Å². The first-order valence-corrected chi connectivity index (χ1v) is 20.9. The number of rotatable bonds is 11. The lowest BCUT2D eigenvalue weighted by Crippen LogP contribution is -2.67. The zero-order valence-corrected chi connectivity index (χ0v) is 34.1. The van der Waals surface area contributed by atoms with Gasteiger partial charge in [-0.3, -0.25) is 0 Å². The highest BCUT2D eigenvalue weighted by Crippen LogP contribution is 2.76. The van der Waals surface area contributed by atoms with E-state index in [-0.39, 0.29) is 40.6 Å². The van der Waals surface area contributed by atoms with E-state index in [1.807, 2.05) is 6.92 Å². The second-order valence-electron chi connectivity index (χ2n) is 19.9. The smallest absolute Gasteiger partial charge is 0.187 e. The first kappa shape index (κ1) is 43.8. The van der Waals surface area contributed by atoms with Gasteiger partial charge >= 0.3 is 0 Å². The summed E-state index contributed by atoms with van der Waals surface area (Å²) < 4.78 is 24.3. The molecule has 0 spiro atoms. The van der Waals surface area contributed by atoms with Crippen molar-refractivity contribution in [2.75, 3.05) is 19.8 Å². The van der Waals surface area contributed by atoms with Gasteiger partial charge in [-0.2, -0.15) is 0 Å². The van der Waals surface area contributed by atoms with Gasteiger partial charge in [0.1, 0.15) is 48.8 Å². The van der Waals surface area contributed by atoms with Gasteiger partial charge in [-0.25, -0.2) is 0 Å².